The van der Waals surface area contributed by atoms with Gasteiger partial charge < -0.3 is 15.2 Å². The predicted molar refractivity (Wildman–Crippen MR) is 91.6 cm³/mol. The third-order valence-corrected chi connectivity index (χ3v) is 3.56. The molecule has 2 N–H and O–H groups in total. The van der Waals surface area contributed by atoms with Gasteiger partial charge in [-0.05, 0) is 39.3 Å². The van der Waals surface area contributed by atoms with Gasteiger partial charge in [-0.1, -0.05) is 11.2 Å². The Morgan fingerprint density at radius 1 is 1.22 bits per heavy atom. The average molecular weight is 315 g/mol. The lowest BCUT2D eigenvalue weighted by Gasteiger charge is -2.11. The quantitative estimate of drug-likeness (QED) is 0.604. The molecule has 2 aromatic rings. The second kappa shape index (κ2) is 8.92. The van der Waals surface area contributed by atoms with E-state index in [2.05, 4.69) is 32.7 Å². The number of pyridine rings is 1. The van der Waals surface area contributed by atoms with Crippen LogP contribution in [-0.2, 0) is 12.8 Å². The Labute approximate surface area is 137 Å². The van der Waals surface area contributed by atoms with Crippen LogP contribution in [-0.4, -0.2) is 35.7 Å². The maximum Gasteiger partial charge on any atom is 0.191 e. The van der Waals surface area contributed by atoms with Crippen molar-refractivity contribution in [2.24, 2.45) is 4.99 Å². The molecular weight excluding hydrogens is 290 g/mol. The zero-order chi connectivity index (χ0) is 16.5. The van der Waals surface area contributed by atoms with Gasteiger partial charge in [0.25, 0.3) is 0 Å². The lowest BCUT2D eigenvalue weighted by molar-refractivity contribution is 0.392. The molecule has 0 radical (unpaired) electrons. The molecule has 0 atom stereocenters. The first kappa shape index (κ1) is 17.0. The highest BCUT2D eigenvalue weighted by Crippen LogP contribution is 2.11. The molecule has 0 fully saturated rings. The zero-order valence-corrected chi connectivity index (χ0v) is 14.1. The normalized spacial score (nSPS) is 11.5. The first-order valence-electron chi connectivity index (χ1n) is 8.04. The largest absolute Gasteiger partial charge is 0.361 e. The summed E-state index contributed by atoms with van der Waals surface area (Å²) < 4.78 is 5.18. The molecule has 23 heavy (non-hydrogen) atoms. The molecule has 2 heterocycles. The van der Waals surface area contributed by atoms with E-state index >= 15 is 0 Å². The van der Waals surface area contributed by atoms with Crippen LogP contribution in [0.25, 0.3) is 0 Å². The van der Waals surface area contributed by atoms with Crippen molar-refractivity contribution in [1.29, 1.82) is 0 Å². The summed E-state index contributed by atoms with van der Waals surface area (Å²) in [6.07, 6.45) is 3.51. The number of aryl methyl sites for hydroxylation is 2. The van der Waals surface area contributed by atoms with Crippen LogP contribution in [0, 0.1) is 13.8 Å². The summed E-state index contributed by atoms with van der Waals surface area (Å²) in [5, 5.41) is 10.6. The first-order chi connectivity index (χ1) is 11.2. The summed E-state index contributed by atoms with van der Waals surface area (Å²) in [4.78, 5) is 8.90. The van der Waals surface area contributed by atoms with Gasteiger partial charge in [-0.15, -0.1) is 0 Å². The van der Waals surface area contributed by atoms with E-state index < -0.39 is 0 Å². The van der Waals surface area contributed by atoms with E-state index in [1.54, 1.807) is 0 Å². The van der Waals surface area contributed by atoms with Crippen LogP contribution >= 0.6 is 0 Å². The predicted octanol–water partition coefficient (Wildman–Crippen LogP) is 2.03. The third-order valence-electron chi connectivity index (χ3n) is 3.56. The van der Waals surface area contributed by atoms with Crippen molar-refractivity contribution >= 4 is 5.96 Å². The van der Waals surface area contributed by atoms with Crippen molar-refractivity contribution in [3.05, 3.63) is 47.1 Å². The second-order valence-electron chi connectivity index (χ2n) is 5.31. The maximum atomic E-state index is 5.18. The fourth-order valence-electron chi connectivity index (χ4n) is 2.33. The van der Waals surface area contributed by atoms with Crippen molar-refractivity contribution < 1.29 is 4.52 Å². The number of nitrogens with zero attached hydrogens (tertiary/aromatic N) is 3. The monoisotopic (exact) mass is 315 g/mol. The van der Waals surface area contributed by atoms with Gasteiger partial charge in [0.15, 0.2) is 5.96 Å². The molecule has 0 aromatic carbocycles. The molecule has 0 spiro atoms. The van der Waals surface area contributed by atoms with Gasteiger partial charge in [0.05, 0.1) is 5.69 Å². The molecule has 2 aromatic heterocycles. The van der Waals surface area contributed by atoms with E-state index in [0.29, 0.717) is 6.54 Å². The third kappa shape index (κ3) is 5.39. The number of rotatable bonds is 7. The van der Waals surface area contributed by atoms with E-state index in [1.165, 1.54) is 5.56 Å². The molecule has 124 valence electrons. The average Bonchev–Trinajstić information content (AvgIpc) is 2.88. The summed E-state index contributed by atoms with van der Waals surface area (Å²) in [5.41, 5.74) is 3.19. The Morgan fingerprint density at radius 3 is 2.74 bits per heavy atom. The van der Waals surface area contributed by atoms with Crippen LogP contribution in [0.15, 0.2) is 33.9 Å². The van der Waals surface area contributed by atoms with Gasteiger partial charge in [-0.2, -0.15) is 0 Å². The highest BCUT2D eigenvalue weighted by Gasteiger charge is 2.08. The van der Waals surface area contributed by atoms with Gasteiger partial charge in [0, 0.05) is 43.5 Å². The number of aliphatic imine (C=N–C) groups is 1. The lowest BCUT2D eigenvalue weighted by Crippen LogP contribution is -2.38. The van der Waals surface area contributed by atoms with Crippen LogP contribution in [0.1, 0.15) is 29.6 Å². The van der Waals surface area contributed by atoms with Gasteiger partial charge in [-0.3, -0.25) is 9.98 Å². The Hall–Kier alpha value is -2.37. The van der Waals surface area contributed by atoms with E-state index in [9.17, 15) is 0 Å². The van der Waals surface area contributed by atoms with Crippen molar-refractivity contribution in [2.45, 2.75) is 33.6 Å². The molecule has 0 bridgehead atoms. The minimum Gasteiger partial charge on any atom is -0.361 e. The topological polar surface area (TPSA) is 75.3 Å². The molecule has 6 heteroatoms. The SMILES string of the molecule is CCNC(=NCCc1ccccn1)NCCc1c(C)noc1C. The highest BCUT2D eigenvalue weighted by atomic mass is 16.5. The van der Waals surface area contributed by atoms with E-state index in [4.69, 9.17) is 4.52 Å². The van der Waals surface area contributed by atoms with Crippen LogP contribution < -0.4 is 10.6 Å². The Morgan fingerprint density at radius 2 is 2.09 bits per heavy atom. The van der Waals surface area contributed by atoms with E-state index in [0.717, 1.165) is 49.0 Å². The Kier molecular flexibility index (Phi) is 6.59. The fraction of sp³-hybridized carbons (Fsp3) is 0.471. The lowest BCUT2D eigenvalue weighted by atomic mass is 10.1. The summed E-state index contributed by atoms with van der Waals surface area (Å²) >= 11 is 0. The molecule has 0 unspecified atom stereocenters. The summed E-state index contributed by atoms with van der Waals surface area (Å²) in [7, 11) is 0. The molecule has 6 nitrogen and oxygen atoms in total. The summed E-state index contributed by atoms with van der Waals surface area (Å²) in [5.74, 6) is 1.72. The number of hydrogen-bond acceptors (Lipinski definition) is 4. The standard InChI is InChI=1S/C17H25N5O/c1-4-18-17(20-11-8-15-7-5-6-10-19-15)21-12-9-16-13(2)22-23-14(16)3/h5-7,10H,4,8-9,11-12H2,1-3H3,(H2,18,20,21). The van der Waals surface area contributed by atoms with Gasteiger partial charge in [-0.25, -0.2) is 0 Å². The summed E-state index contributed by atoms with van der Waals surface area (Å²) in [6.45, 7) is 8.31. The Balaban J connectivity index is 1.82. The van der Waals surface area contributed by atoms with Crippen molar-refractivity contribution in [1.82, 2.24) is 20.8 Å². The van der Waals surface area contributed by atoms with Crippen LogP contribution in [0.3, 0.4) is 0 Å². The van der Waals surface area contributed by atoms with Gasteiger partial charge in [0.1, 0.15) is 5.76 Å². The second-order valence-corrected chi connectivity index (χ2v) is 5.31. The molecule has 0 aliphatic heterocycles. The first-order valence-corrected chi connectivity index (χ1v) is 8.04. The maximum absolute atomic E-state index is 5.18. The molecule has 0 saturated heterocycles. The highest BCUT2D eigenvalue weighted by molar-refractivity contribution is 5.79. The molecular formula is C17H25N5O. The minimum atomic E-state index is 0.706. The Bertz CT molecular complexity index is 602. The molecule has 0 aliphatic carbocycles. The fourth-order valence-corrected chi connectivity index (χ4v) is 2.33. The molecule has 2 rings (SSSR count). The smallest absolute Gasteiger partial charge is 0.191 e. The van der Waals surface area contributed by atoms with Crippen LogP contribution in [0.5, 0.6) is 0 Å². The number of nitrogens with one attached hydrogen (secondary N) is 2. The summed E-state index contributed by atoms with van der Waals surface area (Å²) in [6, 6.07) is 5.94. The molecule has 0 amide bonds. The van der Waals surface area contributed by atoms with Gasteiger partial charge in [0.2, 0.25) is 0 Å². The number of aromatic nitrogens is 2. The van der Waals surface area contributed by atoms with Crippen molar-refractivity contribution in [3.63, 3.8) is 0 Å². The number of hydrogen-bond donors (Lipinski definition) is 2. The molecule has 0 saturated carbocycles. The number of guanidine groups is 1. The minimum absolute atomic E-state index is 0.706. The van der Waals surface area contributed by atoms with Crippen molar-refractivity contribution in [2.75, 3.05) is 19.6 Å². The van der Waals surface area contributed by atoms with Crippen molar-refractivity contribution in [3.8, 4) is 0 Å². The van der Waals surface area contributed by atoms with Crippen LogP contribution in [0.2, 0.25) is 0 Å². The van der Waals surface area contributed by atoms with E-state index in [1.807, 2.05) is 38.2 Å². The van der Waals surface area contributed by atoms with Crippen LogP contribution in [0.4, 0.5) is 0 Å². The zero-order valence-electron chi connectivity index (χ0n) is 14.1. The van der Waals surface area contributed by atoms with E-state index in [-0.39, 0.29) is 0 Å². The molecule has 0 aliphatic rings. The van der Waals surface area contributed by atoms with Gasteiger partial charge >= 0.3 is 0 Å².